The van der Waals surface area contributed by atoms with Crippen LogP contribution in [0.1, 0.15) is 29.5 Å². The topological polar surface area (TPSA) is 100 Å². The van der Waals surface area contributed by atoms with Crippen molar-refractivity contribution in [3.63, 3.8) is 0 Å². The molecule has 0 radical (unpaired) electrons. The molecule has 7 nitrogen and oxygen atoms in total. The van der Waals surface area contributed by atoms with Crippen molar-refractivity contribution in [3.05, 3.63) is 76.7 Å². The van der Waals surface area contributed by atoms with Crippen molar-refractivity contribution in [1.82, 2.24) is 20.5 Å². The third-order valence-corrected chi connectivity index (χ3v) is 6.53. The number of pyridine rings is 1. The third-order valence-electron chi connectivity index (χ3n) is 6.29. The SMILES string of the molecule is NCc1ccc(Cl)cc1CNC(=O)[C@@H]1CCCN1C(=O)C1(Cc2ccncc2)C=CNC1. The Balaban J connectivity index is 1.47. The summed E-state index contributed by atoms with van der Waals surface area (Å²) in [6.07, 6.45) is 9.25. The lowest BCUT2D eigenvalue weighted by Gasteiger charge is -2.33. The van der Waals surface area contributed by atoms with Crippen LogP contribution < -0.4 is 16.4 Å². The minimum atomic E-state index is -0.704. The van der Waals surface area contributed by atoms with Gasteiger partial charge in [0.2, 0.25) is 11.8 Å². The number of hydrogen-bond acceptors (Lipinski definition) is 5. The molecule has 1 aromatic carbocycles. The summed E-state index contributed by atoms with van der Waals surface area (Å²) in [5.41, 5.74) is 7.98. The molecule has 0 saturated carbocycles. The normalized spacial score (nSPS) is 22.1. The van der Waals surface area contributed by atoms with E-state index in [1.165, 1.54) is 0 Å². The maximum absolute atomic E-state index is 13.7. The van der Waals surface area contributed by atoms with E-state index in [9.17, 15) is 9.59 Å². The first-order valence-corrected chi connectivity index (χ1v) is 11.3. The van der Waals surface area contributed by atoms with Gasteiger partial charge in [0, 0.05) is 43.6 Å². The van der Waals surface area contributed by atoms with Crippen LogP contribution in [0, 0.1) is 5.41 Å². The Hall–Kier alpha value is -2.90. The number of amides is 2. The molecular weight excluding hydrogens is 426 g/mol. The van der Waals surface area contributed by atoms with E-state index in [4.69, 9.17) is 17.3 Å². The Morgan fingerprint density at radius 3 is 2.78 bits per heavy atom. The molecule has 2 aliphatic heterocycles. The molecule has 2 aliphatic rings. The van der Waals surface area contributed by atoms with Gasteiger partial charge in [-0.2, -0.15) is 0 Å². The first kappa shape index (κ1) is 22.3. The van der Waals surface area contributed by atoms with Crippen LogP contribution in [-0.4, -0.2) is 40.8 Å². The minimum Gasteiger partial charge on any atom is -0.390 e. The van der Waals surface area contributed by atoms with Gasteiger partial charge in [-0.1, -0.05) is 23.7 Å². The highest BCUT2D eigenvalue weighted by atomic mass is 35.5. The van der Waals surface area contributed by atoms with Crippen molar-refractivity contribution in [2.75, 3.05) is 13.1 Å². The summed E-state index contributed by atoms with van der Waals surface area (Å²) < 4.78 is 0. The molecule has 32 heavy (non-hydrogen) atoms. The summed E-state index contributed by atoms with van der Waals surface area (Å²) in [7, 11) is 0. The monoisotopic (exact) mass is 453 g/mol. The number of nitrogens with zero attached hydrogens (tertiary/aromatic N) is 2. The van der Waals surface area contributed by atoms with E-state index in [0.717, 1.165) is 23.1 Å². The minimum absolute atomic E-state index is 0.0152. The first-order valence-electron chi connectivity index (χ1n) is 10.9. The quantitative estimate of drug-likeness (QED) is 0.596. The van der Waals surface area contributed by atoms with Gasteiger partial charge in [-0.3, -0.25) is 14.6 Å². The van der Waals surface area contributed by atoms with Crippen LogP contribution in [0.4, 0.5) is 0 Å². The fourth-order valence-corrected chi connectivity index (χ4v) is 4.75. The van der Waals surface area contributed by atoms with E-state index in [-0.39, 0.29) is 11.8 Å². The lowest BCUT2D eigenvalue weighted by atomic mass is 9.81. The second kappa shape index (κ2) is 9.71. The number of carbonyl (C=O) groups is 2. The molecule has 1 saturated heterocycles. The number of likely N-dealkylation sites (tertiary alicyclic amines) is 1. The zero-order valence-corrected chi connectivity index (χ0v) is 18.6. The van der Waals surface area contributed by atoms with E-state index in [1.54, 1.807) is 23.4 Å². The zero-order chi connectivity index (χ0) is 22.6. The molecule has 2 atom stereocenters. The summed E-state index contributed by atoms with van der Waals surface area (Å²) in [4.78, 5) is 32.6. The highest BCUT2D eigenvalue weighted by Crippen LogP contribution is 2.33. The molecule has 2 amide bonds. The molecule has 0 spiro atoms. The number of hydrogen-bond donors (Lipinski definition) is 3. The Morgan fingerprint density at radius 2 is 2.06 bits per heavy atom. The summed E-state index contributed by atoms with van der Waals surface area (Å²) in [6, 6.07) is 8.85. The number of halogens is 1. The smallest absolute Gasteiger partial charge is 0.243 e. The zero-order valence-electron chi connectivity index (χ0n) is 17.9. The van der Waals surface area contributed by atoms with Gasteiger partial charge in [0.05, 0.1) is 5.41 Å². The van der Waals surface area contributed by atoms with E-state index in [1.807, 2.05) is 36.5 Å². The number of aromatic nitrogens is 1. The molecule has 2 aromatic rings. The number of nitrogens with one attached hydrogen (secondary N) is 2. The fraction of sp³-hybridized carbons (Fsp3) is 0.375. The molecule has 4 N–H and O–H groups in total. The number of carbonyl (C=O) groups excluding carboxylic acids is 2. The van der Waals surface area contributed by atoms with Gasteiger partial charge in [0.25, 0.3) is 0 Å². The second-order valence-electron chi connectivity index (χ2n) is 8.39. The Bertz CT molecular complexity index is 1010. The van der Waals surface area contributed by atoms with Gasteiger partial charge in [-0.05, 0) is 66.4 Å². The van der Waals surface area contributed by atoms with Crippen molar-refractivity contribution >= 4 is 23.4 Å². The summed E-state index contributed by atoms with van der Waals surface area (Å²) in [5, 5.41) is 6.77. The molecule has 1 aromatic heterocycles. The second-order valence-corrected chi connectivity index (χ2v) is 8.83. The summed E-state index contributed by atoms with van der Waals surface area (Å²) in [6.45, 7) is 1.79. The van der Waals surface area contributed by atoms with Gasteiger partial charge in [0.15, 0.2) is 0 Å². The summed E-state index contributed by atoms with van der Waals surface area (Å²) in [5.74, 6) is -0.161. The van der Waals surface area contributed by atoms with Crippen molar-refractivity contribution in [2.45, 2.75) is 38.4 Å². The van der Waals surface area contributed by atoms with Gasteiger partial charge in [-0.15, -0.1) is 0 Å². The van der Waals surface area contributed by atoms with Gasteiger partial charge in [-0.25, -0.2) is 0 Å². The molecular formula is C24H28ClN5O2. The van der Waals surface area contributed by atoms with E-state index < -0.39 is 11.5 Å². The largest absolute Gasteiger partial charge is 0.390 e. The average Bonchev–Trinajstić information content (AvgIpc) is 3.48. The maximum Gasteiger partial charge on any atom is 0.243 e. The Labute approximate surface area is 193 Å². The Kier molecular flexibility index (Phi) is 6.77. The van der Waals surface area contributed by atoms with Crippen LogP contribution in [0.15, 0.2) is 55.0 Å². The first-order chi connectivity index (χ1) is 15.5. The Morgan fingerprint density at radius 1 is 1.25 bits per heavy atom. The van der Waals surface area contributed by atoms with Gasteiger partial charge >= 0.3 is 0 Å². The summed E-state index contributed by atoms with van der Waals surface area (Å²) >= 11 is 6.11. The number of nitrogens with two attached hydrogens (primary N) is 1. The average molecular weight is 454 g/mol. The lowest BCUT2D eigenvalue weighted by Crippen LogP contribution is -2.52. The molecule has 0 bridgehead atoms. The fourth-order valence-electron chi connectivity index (χ4n) is 4.55. The van der Waals surface area contributed by atoms with Crippen LogP contribution in [0.25, 0.3) is 0 Å². The van der Waals surface area contributed by atoms with Crippen LogP contribution in [0.2, 0.25) is 5.02 Å². The molecule has 8 heteroatoms. The standard InChI is InChI=1S/C24H28ClN5O2/c25-20-4-3-18(14-26)19(12-20)15-29-22(31)21-2-1-11-30(21)23(32)24(7-10-28-16-24)13-17-5-8-27-9-6-17/h3-10,12,21,28H,1-2,11,13-16,26H2,(H,29,31)/t21-,24?/m0/s1. The number of benzene rings is 1. The van der Waals surface area contributed by atoms with Crippen LogP contribution in [-0.2, 0) is 29.1 Å². The molecule has 4 rings (SSSR count). The van der Waals surface area contributed by atoms with E-state index in [0.29, 0.717) is 44.0 Å². The van der Waals surface area contributed by atoms with Crippen molar-refractivity contribution < 1.29 is 9.59 Å². The van der Waals surface area contributed by atoms with E-state index in [2.05, 4.69) is 15.6 Å². The molecule has 0 aliphatic carbocycles. The predicted octanol–water partition coefficient (Wildman–Crippen LogP) is 2.15. The maximum atomic E-state index is 13.7. The molecule has 1 unspecified atom stereocenters. The van der Waals surface area contributed by atoms with E-state index >= 15 is 0 Å². The lowest BCUT2D eigenvalue weighted by molar-refractivity contribution is -0.144. The third kappa shape index (κ3) is 4.64. The van der Waals surface area contributed by atoms with Crippen molar-refractivity contribution in [1.29, 1.82) is 0 Å². The van der Waals surface area contributed by atoms with Crippen LogP contribution in [0.5, 0.6) is 0 Å². The highest BCUT2D eigenvalue weighted by Gasteiger charge is 2.45. The van der Waals surface area contributed by atoms with Gasteiger partial charge < -0.3 is 21.3 Å². The predicted molar refractivity (Wildman–Crippen MR) is 123 cm³/mol. The van der Waals surface area contributed by atoms with Crippen LogP contribution in [0.3, 0.4) is 0 Å². The molecule has 3 heterocycles. The molecule has 1 fully saturated rings. The van der Waals surface area contributed by atoms with Crippen molar-refractivity contribution in [3.8, 4) is 0 Å². The van der Waals surface area contributed by atoms with Crippen LogP contribution >= 0.6 is 11.6 Å². The molecule has 168 valence electrons. The van der Waals surface area contributed by atoms with Crippen molar-refractivity contribution in [2.24, 2.45) is 11.1 Å². The highest BCUT2D eigenvalue weighted by molar-refractivity contribution is 6.30. The number of rotatable bonds is 7. The van der Waals surface area contributed by atoms with Gasteiger partial charge in [0.1, 0.15) is 6.04 Å².